The summed E-state index contributed by atoms with van der Waals surface area (Å²) < 4.78 is 5.16. The number of benzene rings is 2. The molecule has 1 heterocycles. The molecule has 5 nitrogen and oxygen atoms in total. The van der Waals surface area contributed by atoms with Crippen molar-refractivity contribution in [1.29, 1.82) is 0 Å². The van der Waals surface area contributed by atoms with Crippen molar-refractivity contribution in [3.8, 4) is 5.75 Å². The van der Waals surface area contributed by atoms with E-state index in [-0.39, 0.29) is 5.91 Å². The Morgan fingerprint density at radius 1 is 1.11 bits per heavy atom. The van der Waals surface area contributed by atoms with Gasteiger partial charge in [0, 0.05) is 30.5 Å². The van der Waals surface area contributed by atoms with E-state index < -0.39 is 0 Å². The van der Waals surface area contributed by atoms with Crippen molar-refractivity contribution in [3.05, 3.63) is 88.7 Å². The minimum absolute atomic E-state index is 0.189. The Labute approximate surface area is 169 Å². The van der Waals surface area contributed by atoms with E-state index in [4.69, 9.17) is 16.3 Å². The molecule has 1 amide bonds. The maximum atomic E-state index is 12.4. The van der Waals surface area contributed by atoms with Crippen LogP contribution in [0.1, 0.15) is 21.5 Å². The zero-order valence-electron chi connectivity index (χ0n) is 15.6. The van der Waals surface area contributed by atoms with Crippen LogP contribution in [0.2, 0.25) is 5.02 Å². The summed E-state index contributed by atoms with van der Waals surface area (Å²) in [5.41, 5.74) is 3.38. The first-order valence-corrected chi connectivity index (χ1v) is 9.37. The van der Waals surface area contributed by atoms with Crippen LogP contribution in [0.5, 0.6) is 5.75 Å². The van der Waals surface area contributed by atoms with Gasteiger partial charge in [0.2, 0.25) is 0 Å². The largest absolute Gasteiger partial charge is 0.497 e. The summed E-state index contributed by atoms with van der Waals surface area (Å²) in [5.74, 6) is 0.655. The molecule has 0 unspecified atom stereocenters. The Morgan fingerprint density at radius 2 is 1.89 bits per heavy atom. The van der Waals surface area contributed by atoms with E-state index in [0.717, 1.165) is 30.0 Å². The Morgan fingerprint density at radius 3 is 2.64 bits per heavy atom. The molecule has 2 N–H and O–H groups in total. The highest BCUT2D eigenvalue weighted by Crippen LogP contribution is 2.15. The molecule has 1 aromatic heterocycles. The molecule has 0 radical (unpaired) electrons. The molecule has 0 spiro atoms. The maximum absolute atomic E-state index is 12.4. The van der Waals surface area contributed by atoms with Crippen molar-refractivity contribution >= 4 is 23.2 Å². The van der Waals surface area contributed by atoms with Crippen molar-refractivity contribution < 1.29 is 9.53 Å². The molecule has 0 atom stereocenters. The summed E-state index contributed by atoms with van der Waals surface area (Å²) >= 11 is 6.12. The third kappa shape index (κ3) is 5.47. The fourth-order valence-electron chi connectivity index (χ4n) is 2.72. The number of hydrogen-bond acceptors (Lipinski definition) is 4. The molecule has 0 saturated carbocycles. The molecule has 0 bridgehead atoms. The Balaban J connectivity index is 1.52. The Hall–Kier alpha value is -3.05. The second-order valence-corrected chi connectivity index (χ2v) is 6.67. The van der Waals surface area contributed by atoms with E-state index >= 15 is 0 Å². The fraction of sp³-hybridized carbons (Fsp3) is 0.182. The van der Waals surface area contributed by atoms with Crippen LogP contribution in [0, 0.1) is 0 Å². The van der Waals surface area contributed by atoms with Crippen molar-refractivity contribution in [1.82, 2.24) is 10.3 Å². The number of nitrogens with one attached hydrogen (secondary N) is 2. The predicted octanol–water partition coefficient (Wildman–Crippen LogP) is 4.33. The van der Waals surface area contributed by atoms with Crippen LogP contribution in [-0.2, 0) is 13.0 Å². The van der Waals surface area contributed by atoms with Gasteiger partial charge in [-0.05, 0) is 41.8 Å². The van der Waals surface area contributed by atoms with Crippen LogP contribution in [0.25, 0.3) is 0 Å². The van der Waals surface area contributed by atoms with Gasteiger partial charge in [-0.15, -0.1) is 0 Å². The molecule has 6 heteroatoms. The molecular weight excluding hydrogens is 374 g/mol. The fourth-order valence-corrected chi connectivity index (χ4v) is 2.93. The second kappa shape index (κ2) is 9.76. The summed E-state index contributed by atoms with van der Waals surface area (Å²) in [5, 5.41) is 6.81. The predicted molar refractivity (Wildman–Crippen MR) is 112 cm³/mol. The van der Waals surface area contributed by atoms with Crippen LogP contribution >= 0.6 is 11.6 Å². The molecule has 0 saturated heterocycles. The van der Waals surface area contributed by atoms with Crippen LogP contribution < -0.4 is 15.4 Å². The summed E-state index contributed by atoms with van der Waals surface area (Å²) in [6.07, 6.45) is 4.11. The average Bonchev–Trinajstić information content (AvgIpc) is 2.74. The van der Waals surface area contributed by atoms with E-state index in [1.165, 1.54) is 5.56 Å². The summed E-state index contributed by atoms with van der Waals surface area (Å²) in [6.45, 7) is 1.10. The van der Waals surface area contributed by atoms with Crippen LogP contribution in [0.4, 0.5) is 5.69 Å². The monoisotopic (exact) mass is 395 g/mol. The molecule has 0 fully saturated rings. The first kappa shape index (κ1) is 19.7. The zero-order valence-corrected chi connectivity index (χ0v) is 16.4. The number of ether oxygens (including phenoxy) is 1. The molecule has 3 aromatic rings. The molecule has 2 aromatic carbocycles. The standard InChI is InChI=1S/C22H22ClN3O2/c1-28-20-8-6-16(7-9-20)10-11-25-19-12-18(13-24-15-19)22(27)26-14-17-4-2-3-5-21(17)23/h2-9,12-13,15,25H,10-11,14H2,1H3,(H,26,27). The first-order chi connectivity index (χ1) is 13.7. The molecule has 0 aliphatic rings. The third-order valence-electron chi connectivity index (χ3n) is 4.30. The molecule has 28 heavy (non-hydrogen) atoms. The van der Waals surface area contributed by atoms with E-state index in [2.05, 4.69) is 15.6 Å². The number of pyridine rings is 1. The van der Waals surface area contributed by atoms with Gasteiger partial charge in [0.1, 0.15) is 5.75 Å². The van der Waals surface area contributed by atoms with E-state index in [1.54, 1.807) is 31.6 Å². The zero-order chi connectivity index (χ0) is 19.8. The van der Waals surface area contributed by atoms with Gasteiger partial charge in [-0.2, -0.15) is 0 Å². The number of anilines is 1. The molecule has 144 valence electrons. The van der Waals surface area contributed by atoms with Crippen molar-refractivity contribution in [3.63, 3.8) is 0 Å². The van der Waals surface area contributed by atoms with Gasteiger partial charge < -0.3 is 15.4 Å². The maximum Gasteiger partial charge on any atom is 0.253 e. The summed E-state index contributed by atoms with van der Waals surface area (Å²) in [4.78, 5) is 16.6. The summed E-state index contributed by atoms with van der Waals surface area (Å²) in [7, 11) is 1.65. The number of carbonyl (C=O) groups excluding carboxylic acids is 1. The van der Waals surface area contributed by atoms with Crippen LogP contribution in [-0.4, -0.2) is 24.5 Å². The smallest absolute Gasteiger partial charge is 0.253 e. The normalized spacial score (nSPS) is 10.4. The van der Waals surface area contributed by atoms with Gasteiger partial charge in [-0.3, -0.25) is 9.78 Å². The van der Waals surface area contributed by atoms with Gasteiger partial charge in [0.15, 0.2) is 0 Å². The highest BCUT2D eigenvalue weighted by molar-refractivity contribution is 6.31. The lowest BCUT2D eigenvalue weighted by molar-refractivity contribution is 0.0950. The number of halogens is 1. The van der Waals surface area contributed by atoms with E-state index in [1.807, 2.05) is 42.5 Å². The minimum atomic E-state index is -0.189. The van der Waals surface area contributed by atoms with Crippen LogP contribution in [0.15, 0.2) is 67.0 Å². The number of hydrogen-bond donors (Lipinski definition) is 2. The second-order valence-electron chi connectivity index (χ2n) is 6.26. The number of methoxy groups -OCH3 is 1. The minimum Gasteiger partial charge on any atom is -0.497 e. The van der Waals surface area contributed by atoms with E-state index in [9.17, 15) is 4.79 Å². The molecule has 0 aliphatic carbocycles. The van der Waals surface area contributed by atoms with E-state index in [0.29, 0.717) is 17.1 Å². The highest BCUT2D eigenvalue weighted by atomic mass is 35.5. The van der Waals surface area contributed by atoms with Crippen LogP contribution in [0.3, 0.4) is 0 Å². The lowest BCUT2D eigenvalue weighted by Gasteiger charge is -2.10. The Bertz CT molecular complexity index is 929. The van der Waals surface area contributed by atoms with Crippen molar-refractivity contribution in [2.24, 2.45) is 0 Å². The molecular formula is C22H22ClN3O2. The van der Waals surface area contributed by atoms with Crippen molar-refractivity contribution in [2.75, 3.05) is 19.0 Å². The topological polar surface area (TPSA) is 63.2 Å². The number of aromatic nitrogens is 1. The van der Waals surface area contributed by atoms with Gasteiger partial charge in [0.25, 0.3) is 5.91 Å². The number of carbonyl (C=O) groups is 1. The summed E-state index contributed by atoms with van der Waals surface area (Å²) in [6, 6.07) is 17.2. The van der Waals surface area contributed by atoms with Gasteiger partial charge in [-0.1, -0.05) is 41.9 Å². The number of nitrogens with zero attached hydrogens (tertiary/aromatic N) is 1. The van der Waals surface area contributed by atoms with Gasteiger partial charge in [0.05, 0.1) is 18.4 Å². The SMILES string of the molecule is COc1ccc(CCNc2cncc(C(=O)NCc3ccccc3Cl)c2)cc1. The highest BCUT2D eigenvalue weighted by Gasteiger charge is 2.08. The number of amides is 1. The van der Waals surface area contributed by atoms with Crippen molar-refractivity contribution in [2.45, 2.75) is 13.0 Å². The Kier molecular flexibility index (Phi) is 6.87. The molecule has 3 rings (SSSR count). The first-order valence-electron chi connectivity index (χ1n) is 8.99. The lowest BCUT2D eigenvalue weighted by atomic mass is 10.1. The lowest BCUT2D eigenvalue weighted by Crippen LogP contribution is -2.23. The number of rotatable bonds is 8. The average molecular weight is 396 g/mol. The van der Waals surface area contributed by atoms with Gasteiger partial charge in [-0.25, -0.2) is 0 Å². The van der Waals surface area contributed by atoms with Gasteiger partial charge >= 0.3 is 0 Å². The quantitative estimate of drug-likeness (QED) is 0.596. The third-order valence-corrected chi connectivity index (χ3v) is 4.67. The molecule has 0 aliphatic heterocycles.